The maximum absolute atomic E-state index is 13.7. The lowest BCUT2D eigenvalue weighted by molar-refractivity contribution is -0.149. The van der Waals surface area contributed by atoms with Gasteiger partial charge in [-0.2, -0.15) is 0 Å². The molecule has 2 fully saturated rings. The van der Waals surface area contributed by atoms with E-state index in [1.807, 2.05) is 26.8 Å². The number of carboxylic acids is 1. The number of nitrogens with one attached hydrogen (secondary N) is 1. The molecule has 0 unspecified atom stereocenters. The summed E-state index contributed by atoms with van der Waals surface area (Å²) in [6.45, 7) is 5.62. The molecule has 0 bridgehead atoms. The van der Waals surface area contributed by atoms with Crippen LogP contribution < -0.4 is 10.2 Å². The average molecular weight is 501 g/mol. The van der Waals surface area contributed by atoms with E-state index in [1.165, 1.54) is 6.07 Å². The fourth-order valence-corrected chi connectivity index (χ4v) is 5.56. The van der Waals surface area contributed by atoms with Gasteiger partial charge in [0.2, 0.25) is 11.8 Å². The lowest BCUT2D eigenvalue weighted by Gasteiger charge is -2.32. The molecule has 4 rings (SSSR count). The van der Waals surface area contributed by atoms with Gasteiger partial charge in [0, 0.05) is 16.1 Å². The fraction of sp³-hybridized carbons (Fsp3) is 0.375. The zero-order valence-corrected chi connectivity index (χ0v) is 19.6. The van der Waals surface area contributed by atoms with Gasteiger partial charge in [-0.15, -0.1) is 0 Å². The van der Waals surface area contributed by atoms with E-state index < -0.39 is 41.2 Å². The van der Waals surface area contributed by atoms with Gasteiger partial charge in [-0.1, -0.05) is 41.9 Å². The summed E-state index contributed by atoms with van der Waals surface area (Å²) in [5.74, 6) is -4.34. The van der Waals surface area contributed by atoms with Crippen LogP contribution in [0.2, 0.25) is 0 Å². The van der Waals surface area contributed by atoms with Gasteiger partial charge in [0.1, 0.15) is 11.3 Å². The Balaban J connectivity index is 1.91. The number of halogens is 1. The Morgan fingerprint density at radius 3 is 2.53 bits per heavy atom. The fourth-order valence-electron chi connectivity index (χ4n) is 5.18. The molecule has 0 aromatic heterocycles. The van der Waals surface area contributed by atoms with Gasteiger partial charge in [-0.25, -0.2) is 4.90 Å². The smallest absolute Gasteiger partial charge is 0.324 e. The van der Waals surface area contributed by atoms with Crippen LogP contribution in [0.3, 0.4) is 0 Å². The summed E-state index contributed by atoms with van der Waals surface area (Å²) in [6.07, 6.45) is 0.162. The van der Waals surface area contributed by atoms with E-state index in [2.05, 4.69) is 21.2 Å². The summed E-state index contributed by atoms with van der Waals surface area (Å²) in [5.41, 5.74) is 0.0546. The van der Waals surface area contributed by atoms with Crippen LogP contribution >= 0.6 is 15.9 Å². The molecular weight excluding hydrogens is 476 g/mol. The van der Waals surface area contributed by atoms with E-state index in [1.54, 1.807) is 30.3 Å². The van der Waals surface area contributed by atoms with Crippen LogP contribution in [0.5, 0.6) is 5.75 Å². The number of phenols is 1. The summed E-state index contributed by atoms with van der Waals surface area (Å²) in [5, 5.41) is 24.0. The third-order valence-electron chi connectivity index (χ3n) is 6.35. The standard InChI is InChI=1S/C24H25BrN2O5/c1-12(2)11-24(23(31)32)19-18(20(26-24)16-10-14(25)7-8-17(16)28)21(29)27(22(19)30)15-6-4-5-13(3)9-15/h4-10,12,18-20,26,28H,11H2,1-3H3,(H,31,32)/t18-,19-,20-,24+/m0/s1. The second kappa shape index (κ2) is 8.01. The molecule has 8 heteroatoms. The van der Waals surface area contributed by atoms with Crippen molar-refractivity contribution in [2.75, 3.05) is 4.90 Å². The van der Waals surface area contributed by atoms with Crippen molar-refractivity contribution < 1.29 is 24.6 Å². The van der Waals surface area contributed by atoms with E-state index in [0.717, 1.165) is 10.5 Å². The zero-order valence-electron chi connectivity index (χ0n) is 18.0. The Bertz CT molecular complexity index is 1120. The third-order valence-corrected chi connectivity index (χ3v) is 6.84. The van der Waals surface area contributed by atoms with Crippen molar-refractivity contribution in [3.63, 3.8) is 0 Å². The van der Waals surface area contributed by atoms with Crippen molar-refractivity contribution in [1.82, 2.24) is 5.32 Å². The number of nitrogens with zero attached hydrogens (tertiary/aromatic N) is 1. The second-order valence-electron chi connectivity index (χ2n) is 9.05. The largest absolute Gasteiger partial charge is 0.508 e. The number of imide groups is 1. The molecule has 2 aliphatic rings. The third kappa shape index (κ3) is 3.42. The summed E-state index contributed by atoms with van der Waals surface area (Å²) in [4.78, 5) is 41.1. The summed E-state index contributed by atoms with van der Waals surface area (Å²) in [6, 6.07) is 11.0. The second-order valence-corrected chi connectivity index (χ2v) is 9.97. The molecule has 3 N–H and O–H groups in total. The van der Waals surface area contributed by atoms with E-state index in [0.29, 0.717) is 15.7 Å². The molecule has 168 valence electrons. The van der Waals surface area contributed by atoms with Crippen molar-refractivity contribution in [1.29, 1.82) is 0 Å². The predicted molar refractivity (Wildman–Crippen MR) is 122 cm³/mol. The molecule has 7 nitrogen and oxygen atoms in total. The van der Waals surface area contributed by atoms with E-state index in [4.69, 9.17) is 0 Å². The number of phenolic OH excluding ortho intramolecular Hbond substituents is 1. The number of anilines is 1. The maximum atomic E-state index is 13.7. The first-order chi connectivity index (χ1) is 15.1. The molecule has 4 atom stereocenters. The molecule has 2 heterocycles. The van der Waals surface area contributed by atoms with Gasteiger partial charge in [0.25, 0.3) is 0 Å². The van der Waals surface area contributed by atoms with Gasteiger partial charge in [0.05, 0.1) is 17.5 Å². The van der Waals surface area contributed by atoms with Gasteiger partial charge in [-0.3, -0.25) is 19.7 Å². The molecule has 2 aromatic rings. The molecule has 2 amide bonds. The number of carbonyl (C=O) groups excluding carboxylic acids is 2. The molecule has 0 saturated carbocycles. The molecule has 0 radical (unpaired) electrons. The van der Waals surface area contributed by atoms with Gasteiger partial charge in [0.15, 0.2) is 0 Å². The number of hydrogen-bond acceptors (Lipinski definition) is 5. The summed E-state index contributed by atoms with van der Waals surface area (Å²) in [7, 11) is 0. The van der Waals surface area contributed by atoms with Crippen LogP contribution in [0, 0.1) is 24.7 Å². The maximum Gasteiger partial charge on any atom is 0.324 e. The monoisotopic (exact) mass is 500 g/mol. The number of aromatic hydroxyl groups is 1. The van der Waals surface area contributed by atoms with Crippen molar-refractivity contribution >= 4 is 39.4 Å². The Morgan fingerprint density at radius 1 is 1.19 bits per heavy atom. The number of aliphatic carboxylic acids is 1. The Hall–Kier alpha value is -2.71. The van der Waals surface area contributed by atoms with Crippen LogP contribution in [-0.4, -0.2) is 33.5 Å². The SMILES string of the molecule is Cc1cccc(N2C(=O)[C@H]3[C@@H](C2=O)[C@](CC(C)C)(C(=O)O)N[C@H]3c2cc(Br)ccc2O)c1. The molecule has 0 aliphatic carbocycles. The Morgan fingerprint density at radius 2 is 1.91 bits per heavy atom. The van der Waals surface area contributed by atoms with Crippen molar-refractivity contribution in [2.24, 2.45) is 17.8 Å². The highest BCUT2D eigenvalue weighted by atomic mass is 79.9. The Labute approximate surface area is 194 Å². The summed E-state index contributed by atoms with van der Waals surface area (Å²) >= 11 is 3.38. The number of benzene rings is 2. The highest BCUT2D eigenvalue weighted by Gasteiger charge is 2.68. The van der Waals surface area contributed by atoms with Gasteiger partial charge in [-0.05, 0) is 55.2 Å². The number of carbonyl (C=O) groups is 3. The van der Waals surface area contributed by atoms with E-state index in [-0.39, 0.29) is 18.1 Å². The number of fused-ring (bicyclic) bond motifs is 1. The molecule has 32 heavy (non-hydrogen) atoms. The van der Waals surface area contributed by atoms with Crippen molar-refractivity contribution in [3.8, 4) is 5.75 Å². The number of carboxylic acid groups (broad SMARTS) is 1. The van der Waals surface area contributed by atoms with E-state index in [9.17, 15) is 24.6 Å². The number of aryl methyl sites for hydroxylation is 1. The lowest BCUT2D eigenvalue weighted by atomic mass is 9.75. The predicted octanol–water partition coefficient (Wildman–Crippen LogP) is 3.78. The van der Waals surface area contributed by atoms with Gasteiger partial charge >= 0.3 is 5.97 Å². The minimum atomic E-state index is -1.64. The Kier molecular flexibility index (Phi) is 5.63. The number of amides is 2. The highest BCUT2D eigenvalue weighted by Crippen LogP contribution is 2.53. The molecule has 0 spiro atoms. The van der Waals surface area contributed by atoms with Crippen LogP contribution in [0.1, 0.15) is 37.4 Å². The summed E-state index contributed by atoms with van der Waals surface area (Å²) < 4.78 is 0.674. The zero-order chi connectivity index (χ0) is 23.4. The van der Waals surface area contributed by atoms with Gasteiger partial charge < -0.3 is 10.2 Å². The topological polar surface area (TPSA) is 107 Å². The minimum absolute atomic E-state index is 0.0509. The lowest BCUT2D eigenvalue weighted by Crippen LogP contribution is -2.56. The van der Waals surface area contributed by atoms with Crippen LogP contribution in [0.15, 0.2) is 46.9 Å². The van der Waals surface area contributed by atoms with Crippen molar-refractivity contribution in [3.05, 3.63) is 58.1 Å². The molecule has 2 aromatic carbocycles. The highest BCUT2D eigenvalue weighted by molar-refractivity contribution is 9.10. The van der Waals surface area contributed by atoms with Crippen LogP contribution in [0.25, 0.3) is 0 Å². The first-order valence-corrected chi connectivity index (χ1v) is 11.3. The molecule has 2 saturated heterocycles. The quantitative estimate of drug-likeness (QED) is 0.539. The van der Waals surface area contributed by atoms with Crippen LogP contribution in [-0.2, 0) is 14.4 Å². The minimum Gasteiger partial charge on any atom is -0.508 e. The first-order valence-electron chi connectivity index (χ1n) is 10.5. The normalized spacial score (nSPS) is 27.3. The first kappa shape index (κ1) is 22.5. The average Bonchev–Trinajstić information content (AvgIpc) is 3.18. The van der Waals surface area contributed by atoms with E-state index >= 15 is 0 Å². The molecule has 2 aliphatic heterocycles. The van der Waals surface area contributed by atoms with Crippen molar-refractivity contribution in [2.45, 2.75) is 38.8 Å². The number of hydrogen-bond donors (Lipinski definition) is 3. The number of rotatable bonds is 5. The molecular formula is C24H25BrN2O5. The van der Waals surface area contributed by atoms with Crippen LogP contribution in [0.4, 0.5) is 5.69 Å².